The van der Waals surface area contributed by atoms with Gasteiger partial charge in [0.05, 0.1) is 0 Å². The summed E-state index contributed by atoms with van der Waals surface area (Å²) in [5.41, 5.74) is -1.99. The van der Waals surface area contributed by atoms with Crippen LogP contribution in [0.25, 0.3) is 0 Å². The van der Waals surface area contributed by atoms with Crippen molar-refractivity contribution in [3.8, 4) is 0 Å². The number of carbonyl (C=O) groups is 2. The predicted molar refractivity (Wildman–Crippen MR) is 64.8 cm³/mol. The Morgan fingerprint density at radius 3 is 2.24 bits per heavy atom. The lowest BCUT2D eigenvalue weighted by atomic mass is 9.96. The maximum Gasteiger partial charge on any atom is 0.408 e. The SMILES string of the molecule is C=CCC[C@@](C)(NC(=O)OC(C)(C)C)C(=O)O. The number of hydrogen-bond acceptors (Lipinski definition) is 3. The number of ether oxygens (including phenoxy) is 1. The average molecular weight is 243 g/mol. The maximum absolute atomic E-state index is 11.5. The highest BCUT2D eigenvalue weighted by molar-refractivity contribution is 5.83. The van der Waals surface area contributed by atoms with Gasteiger partial charge in [0, 0.05) is 0 Å². The van der Waals surface area contributed by atoms with Crippen molar-refractivity contribution in [2.75, 3.05) is 0 Å². The Hall–Kier alpha value is -1.52. The molecule has 1 amide bonds. The van der Waals surface area contributed by atoms with Gasteiger partial charge in [0.1, 0.15) is 11.1 Å². The van der Waals surface area contributed by atoms with E-state index in [1.807, 2.05) is 0 Å². The van der Waals surface area contributed by atoms with Gasteiger partial charge in [-0.05, 0) is 40.5 Å². The Kier molecular flexibility index (Phi) is 5.19. The first-order valence-electron chi connectivity index (χ1n) is 5.46. The first-order valence-corrected chi connectivity index (χ1v) is 5.46. The Balaban J connectivity index is 4.60. The molecule has 0 bridgehead atoms. The van der Waals surface area contributed by atoms with Gasteiger partial charge in [0.15, 0.2) is 0 Å². The van der Waals surface area contributed by atoms with Gasteiger partial charge >= 0.3 is 12.1 Å². The zero-order chi connectivity index (χ0) is 13.7. The van der Waals surface area contributed by atoms with Crippen molar-refractivity contribution in [1.29, 1.82) is 0 Å². The minimum Gasteiger partial charge on any atom is -0.480 e. The van der Waals surface area contributed by atoms with E-state index in [2.05, 4.69) is 11.9 Å². The van der Waals surface area contributed by atoms with E-state index >= 15 is 0 Å². The summed E-state index contributed by atoms with van der Waals surface area (Å²) in [4.78, 5) is 22.6. The molecular weight excluding hydrogens is 222 g/mol. The van der Waals surface area contributed by atoms with Crippen molar-refractivity contribution < 1.29 is 19.4 Å². The fourth-order valence-electron chi connectivity index (χ4n) is 1.14. The topological polar surface area (TPSA) is 75.6 Å². The quantitative estimate of drug-likeness (QED) is 0.726. The number of amides is 1. The fraction of sp³-hybridized carbons (Fsp3) is 0.667. The summed E-state index contributed by atoms with van der Waals surface area (Å²) in [5, 5.41) is 11.5. The standard InChI is InChI=1S/C12H21NO4/c1-6-7-8-12(5,9(14)15)13-10(16)17-11(2,3)4/h6H,1,7-8H2,2-5H3,(H,13,16)(H,14,15)/t12-/m1/s1. The van der Waals surface area contributed by atoms with Crippen LogP contribution in [0.15, 0.2) is 12.7 Å². The Morgan fingerprint density at radius 1 is 1.35 bits per heavy atom. The Bertz CT molecular complexity index is 306. The molecule has 0 rings (SSSR count). The highest BCUT2D eigenvalue weighted by Crippen LogP contribution is 2.15. The predicted octanol–water partition coefficient (Wildman–Crippen LogP) is 2.32. The van der Waals surface area contributed by atoms with Crippen LogP contribution in [-0.2, 0) is 9.53 Å². The fourth-order valence-corrected chi connectivity index (χ4v) is 1.14. The van der Waals surface area contributed by atoms with Crippen molar-refractivity contribution in [3.05, 3.63) is 12.7 Å². The van der Waals surface area contributed by atoms with Crippen LogP contribution in [0.4, 0.5) is 4.79 Å². The number of rotatable bonds is 5. The van der Waals surface area contributed by atoms with Crippen LogP contribution in [0.1, 0.15) is 40.5 Å². The zero-order valence-corrected chi connectivity index (χ0v) is 10.9. The molecule has 17 heavy (non-hydrogen) atoms. The van der Waals surface area contributed by atoms with E-state index in [0.717, 1.165) is 0 Å². The molecule has 1 atom stereocenters. The molecule has 0 aliphatic carbocycles. The van der Waals surface area contributed by atoms with Gasteiger partial charge in [0.2, 0.25) is 0 Å². The van der Waals surface area contributed by atoms with E-state index in [9.17, 15) is 9.59 Å². The first kappa shape index (κ1) is 15.5. The highest BCUT2D eigenvalue weighted by Gasteiger charge is 2.35. The summed E-state index contributed by atoms with van der Waals surface area (Å²) in [6.45, 7) is 10.1. The van der Waals surface area contributed by atoms with Gasteiger partial charge in [-0.15, -0.1) is 6.58 Å². The number of alkyl carbamates (subject to hydrolysis) is 1. The summed E-state index contributed by atoms with van der Waals surface area (Å²) in [5.74, 6) is -1.09. The van der Waals surface area contributed by atoms with E-state index < -0.39 is 23.2 Å². The molecule has 0 saturated carbocycles. The first-order chi connectivity index (χ1) is 7.60. The summed E-state index contributed by atoms with van der Waals surface area (Å²) in [7, 11) is 0. The summed E-state index contributed by atoms with van der Waals surface area (Å²) in [6, 6.07) is 0. The molecular formula is C12H21NO4. The second-order valence-electron chi connectivity index (χ2n) is 5.09. The number of carboxylic acid groups (broad SMARTS) is 1. The van der Waals surface area contributed by atoms with E-state index in [1.165, 1.54) is 6.92 Å². The molecule has 0 aliphatic heterocycles. The van der Waals surface area contributed by atoms with Gasteiger partial charge in [0.25, 0.3) is 0 Å². The largest absolute Gasteiger partial charge is 0.480 e. The van der Waals surface area contributed by atoms with Crippen LogP contribution in [0.5, 0.6) is 0 Å². The molecule has 5 heteroatoms. The Morgan fingerprint density at radius 2 is 1.88 bits per heavy atom. The molecule has 0 radical (unpaired) electrons. The number of carbonyl (C=O) groups excluding carboxylic acids is 1. The Labute approximate surface area is 102 Å². The molecule has 0 heterocycles. The maximum atomic E-state index is 11.5. The minimum absolute atomic E-state index is 0.269. The molecule has 0 fully saturated rings. The van der Waals surface area contributed by atoms with Crippen LogP contribution in [-0.4, -0.2) is 28.3 Å². The number of nitrogens with one attached hydrogen (secondary N) is 1. The van der Waals surface area contributed by atoms with Gasteiger partial charge in [-0.3, -0.25) is 0 Å². The van der Waals surface area contributed by atoms with Crippen molar-refractivity contribution >= 4 is 12.1 Å². The summed E-state index contributed by atoms with van der Waals surface area (Å²) in [6.07, 6.45) is 1.65. The van der Waals surface area contributed by atoms with Crippen molar-refractivity contribution in [2.24, 2.45) is 0 Å². The van der Waals surface area contributed by atoms with Crippen LogP contribution in [0.2, 0.25) is 0 Å². The van der Waals surface area contributed by atoms with E-state index in [4.69, 9.17) is 9.84 Å². The molecule has 0 aromatic rings. The second-order valence-corrected chi connectivity index (χ2v) is 5.09. The molecule has 0 spiro atoms. The number of carboxylic acids is 1. The van der Waals surface area contributed by atoms with Crippen molar-refractivity contribution in [2.45, 2.75) is 51.7 Å². The molecule has 98 valence electrons. The number of allylic oxidation sites excluding steroid dienone is 1. The van der Waals surface area contributed by atoms with Gasteiger partial charge < -0.3 is 15.2 Å². The minimum atomic E-state index is -1.34. The summed E-state index contributed by atoms with van der Waals surface area (Å²) < 4.78 is 5.02. The van der Waals surface area contributed by atoms with Crippen LogP contribution in [0, 0.1) is 0 Å². The lowest BCUT2D eigenvalue weighted by Crippen LogP contribution is -2.53. The van der Waals surface area contributed by atoms with Gasteiger partial charge in [-0.2, -0.15) is 0 Å². The normalized spacial score (nSPS) is 14.6. The average Bonchev–Trinajstić information content (AvgIpc) is 2.11. The smallest absolute Gasteiger partial charge is 0.408 e. The summed E-state index contributed by atoms with van der Waals surface area (Å²) >= 11 is 0. The molecule has 5 nitrogen and oxygen atoms in total. The highest BCUT2D eigenvalue weighted by atomic mass is 16.6. The lowest BCUT2D eigenvalue weighted by Gasteiger charge is -2.28. The number of aliphatic carboxylic acids is 1. The van der Waals surface area contributed by atoms with E-state index in [0.29, 0.717) is 6.42 Å². The number of hydrogen-bond donors (Lipinski definition) is 2. The zero-order valence-electron chi connectivity index (χ0n) is 10.9. The van der Waals surface area contributed by atoms with Crippen molar-refractivity contribution in [1.82, 2.24) is 5.32 Å². The monoisotopic (exact) mass is 243 g/mol. The third-order valence-electron chi connectivity index (χ3n) is 2.10. The third-order valence-corrected chi connectivity index (χ3v) is 2.10. The second kappa shape index (κ2) is 5.70. The molecule has 0 aromatic heterocycles. The molecule has 2 N–H and O–H groups in total. The molecule has 0 aromatic carbocycles. The van der Waals surface area contributed by atoms with Crippen LogP contribution >= 0.6 is 0 Å². The molecule has 0 aliphatic rings. The molecule has 0 unspecified atom stereocenters. The van der Waals surface area contributed by atoms with Gasteiger partial charge in [-0.25, -0.2) is 9.59 Å². The molecule has 0 saturated heterocycles. The lowest BCUT2D eigenvalue weighted by molar-refractivity contribution is -0.144. The van der Waals surface area contributed by atoms with Crippen LogP contribution in [0.3, 0.4) is 0 Å². The van der Waals surface area contributed by atoms with E-state index in [1.54, 1.807) is 26.8 Å². The van der Waals surface area contributed by atoms with Crippen molar-refractivity contribution in [3.63, 3.8) is 0 Å². The van der Waals surface area contributed by atoms with Crippen LogP contribution < -0.4 is 5.32 Å². The third kappa shape index (κ3) is 5.94. The van der Waals surface area contributed by atoms with Gasteiger partial charge in [-0.1, -0.05) is 6.08 Å². The van der Waals surface area contributed by atoms with E-state index in [-0.39, 0.29) is 6.42 Å².